The lowest BCUT2D eigenvalue weighted by molar-refractivity contribution is -0.145. The van der Waals surface area contributed by atoms with Crippen molar-refractivity contribution in [1.29, 1.82) is 0 Å². The summed E-state index contributed by atoms with van der Waals surface area (Å²) in [5, 5.41) is 2.90. The molecule has 4 heteroatoms. The van der Waals surface area contributed by atoms with Crippen molar-refractivity contribution in [3.05, 3.63) is 35.1 Å². The van der Waals surface area contributed by atoms with Crippen molar-refractivity contribution in [2.24, 2.45) is 0 Å². The third-order valence-electron chi connectivity index (χ3n) is 2.47. The molecule has 0 fully saturated rings. The van der Waals surface area contributed by atoms with E-state index >= 15 is 0 Å². The number of nitrogens with one attached hydrogen (secondary N) is 1. The summed E-state index contributed by atoms with van der Waals surface area (Å²) < 4.78 is 18.0. The summed E-state index contributed by atoms with van der Waals surface area (Å²) in [6.45, 7) is 3.99. The predicted molar refractivity (Wildman–Crippen MR) is 67.3 cm³/mol. The number of hydrogen-bond donors (Lipinski definition) is 1. The molecule has 0 heterocycles. The van der Waals surface area contributed by atoms with Gasteiger partial charge in [-0.25, -0.2) is 9.18 Å². The van der Waals surface area contributed by atoms with Crippen molar-refractivity contribution in [3.8, 4) is 12.3 Å². The van der Waals surface area contributed by atoms with Crippen LogP contribution in [0.15, 0.2) is 18.2 Å². The molecule has 1 unspecified atom stereocenters. The molecule has 0 radical (unpaired) electrons. The van der Waals surface area contributed by atoms with Gasteiger partial charge in [0.05, 0.1) is 13.2 Å². The molecule has 1 rings (SSSR count). The Hall–Kier alpha value is -1.86. The van der Waals surface area contributed by atoms with Gasteiger partial charge in [-0.3, -0.25) is 5.32 Å². The standard InChI is InChI=1S/C14H16FNO2/c1-4-8-16-13(14(17)18-5-2)12-7-6-11(15)9-10(12)3/h1,6-7,9,13,16H,5,8H2,2-3H3. The normalized spacial score (nSPS) is 11.7. The fourth-order valence-electron chi connectivity index (χ4n) is 1.67. The summed E-state index contributed by atoms with van der Waals surface area (Å²) in [6.07, 6.45) is 5.17. The highest BCUT2D eigenvalue weighted by molar-refractivity contribution is 5.78. The first-order valence-corrected chi connectivity index (χ1v) is 5.69. The lowest BCUT2D eigenvalue weighted by Crippen LogP contribution is -2.31. The van der Waals surface area contributed by atoms with Crippen LogP contribution in [-0.4, -0.2) is 19.1 Å². The first-order chi connectivity index (χ1) is 8.60. The summed E-state index contributed by atoms with van der Waals surface area (Å²) >= 11 is 0. The number of ether oxygens (including phenoxy) is 1. The van der Waals surface area contributed by atoms with Crippen LogP contribution in [0.3, 0.4) is 0 Å². The molecule has 18 heavy (non-hydrogen) atoms. The second-order valence-electron chi connectivity index (χ2n) is 3.77. The van der Waals surface area contributed by atoms with Crippen LogP contribution < -0.4 is 5.32 Å². The van der Waals surface area contributed by atoms with Crippen LogP contribution in [0.1, 0.15) is 24.1 Å². The van der Waals surface area contributed by atoms with E-state index in [9.17, 15) is 9.18 Å². The summed E-state index contributed by atoms with van der Waals surface area (Å²) in [6, 6.07) is 3.59. The molecule has 1 aromatic rings. The highest BCUT2D eigenvalue weighted by atomic mass is 19.1. The van der Waals surface area contributed by atoms with Crippen LogP contribution >= 0.6 is 0 Å². The number of carbonyl (C=O) groups excluding carboxylic acids is 1. The molecule has 0 bridgehead atoms. The first-order valence-electron chi connectivity index (χ1n) is 5.69. The largest absolute Gasteiger partial charge is 0.465 e. The van der Waals surface area contributed by atoms with Crippen LogP contribution in [0.5, 0.6) is 0 Å². The van der Waals surface area contributed by atoms with Gasteiger partial charge in [0.2, 0.25) is 0 Å². The lowest BCUT2D eigenvalue weighted by Gasteiger charge is -2.18. The van der Waals surface area contributed by atoms with E-state index in [0.717, 1.165) is 0 Å². The van der Waals surface area contributed by atoms with Gasteiger partial charge in [-0.05, 0) is 37.1 Å². The molecule has 1 aromatic carbocycles. The van der Waals surface area contributed by atoms with Crippen LogP contribution in [0.4, 0.5) is 4.39 Å². The second-order valence-corrected chi connectivity index (χ2v) is 3.77. The number of esters is 1. The summed E-state index contributed by atoms with van der Waals surface area (Å²) in [5.41, 5.74) is 1.35. The summed E-state index contributed by atoms with van der Waals surface area (Å²) in [5.74, 6) is 1.65. The third-order valence-corrected chi connectivity index (χ3v) is 2.47. The van der Waals surface area contributed by atoms with Crippen molar-refractivity contribution >= 4 is 5.97 Å². The van der Waals surface area contributed by atoms with E-state index in [-0.39, 0.29) is 19.0 Å². The zero-order valence-corrected chi connectivity index (χ0v) is 10.5. The number of terminal acetylenes is 1. The van der Waals surface area contributed by atoms with Gasteiger partial charge in [0.1, 0.15) is 11.9 Å². The van der Waals surface area contributed by atoms with Crippen LogP contribution in [0.25, 0.3) is 0 Å². The predicted octanol–water partition coefficient (Wildman–Crippen LogP) is 1.96. The maximum Gasteiger partial charge on any atom is 0.327 e. The number of benzene rings is 1. The molecule has 3 nitrogen and oxygen atoms in total. The maximum atomic E-state index is 13.0. The molecule has 0 aliphatic carbocycles. The van der Waals surface area contributed by atoms with E-state index in [2.05, 4.69) is 11.2 Å². The Labute approximate surface area is 106 Å². The average Bonchev–Trinajstić information content (AvgIpc) is 2.32. The Kier molecular flexibility index (Phi) is 5.34. The third kappa shape index (κ3) is 3.57. The molecule has 0 spiro atoms. The molecule has 0 saturated carbocycles. The zero-order chi connectivity index (χ0) is 13.5. The Bertz CT molecular complexity index is 465. The van der Waals surface area contributed by atoms with Crippen molar-refractivity contribution in [3.63, 3.8) is 0 Å². The summed E-state index contributed by atoms with van der Waals surface area (Å²) in [4.78, 5) is 11.8. The average molecular weight is 249 g/mol. The number of aryl methyl sites for hydroxylation is 1. The van der Waals surface area contributed by atoms with Gasteiger partial charge < -0.3 is 4.74 Å². The molecule has 1 N–H and O–H groups in total. The summed E-state index contributed by atoms with van der Waals surface area (Å²) in [7, 11) is 0. The van der Waals surface area contributed by atoms with Gasteiger partial charge >= 0.3 is 5.97 Å². The van der Waals surface area contributed by atoms with Gasteiger partial charge in [0.15, 0.2) is 0 Å². The van der Waals surface area contributed by atoms with Crippen molar-refractivity contribution in [1.82, 2.24) is 5.32 Å². The Morgan fingerprint density at radius 3 is 2.89 bits per heavy atom. The zero-order valence-electron chi connectivity index (χ0n) is 10.5. The lowest BCUT2D eigenvalue weighted by atomic mass is 10.0. The Morgan fingerprint density at radius 1 is 1.61 bits per heavy atom. The van der Waals surface area contributed by atoms with Crippen LogP contribution in [0, 0.1) is 25.1 Å². The van der Waals surface area contributed by atoms with Crippen molar-refractivity contribution < 1.29 is 13.9 Å². The fourth-order valence-corrected chi connectivity index (χ4v) is 1.67. The minimum Gasteiger partial charge on any atom is -0.465 e. The van der Waals surface area contributed by atoms with Crippen LogP contribution in [-0.2, 0) is 9.53 Å². The Balaban J connectivity index is 3.01. The SMILES string of the molecule is C#CCNC(C(=O)OCC)c1ccc(F)cc1C. The topological polar surface area (TPSA) is 38.3 Å². The monoisotopic (exact) mass is 249 g/mol. The molecule has 1 atom stereocenters. The number of halogens is 1. The van der Waals surface area contributed by atoms with Gasteiger partial charge in [-0.2, -0.15) is 0 Å². The van der Waals surface area contributed by atoms with E-state index < -0.39 is 12.0 Å². The molecular weight excluding hydrogens is 233 g/mol. The molecular formula is C14H16FNO2. The first kappa shape index (κ1) is 14.2. The number of carbonyl (C=O) groups is 1. The van der Waals surface area contributed by atoms with E-state index in [1.165, 1.54) is 12.1 Å². The van der Waals surface area contributed by atoms with Gasteiger partial charge in [0, 0.05) is 0 Å². The van der Waals surface area contributed by atoms with Crippen molar-refractivity contribution in [2.45, 2.75) is 19.9 Å². The van der Waals surface area contributed by atoms with Crippen molar-refractivity contribution in [2.75, 3.05) is 13.2 Å². The highest BCUT2D eigenvalue weighted by Gasteiger charge is 2.22. The van der Waals surface area contributed by atoms with E-state index in [1.54, 1.807) is 19.9 Å². The highest BCUT2D eigenvalue weighted by Crippen LogP contribution is 2.20. The van der Waals surface area contributed by atoms with Gasteiger partial charge in [0.25, 0.3) is 0 Å². The van der Waals surface area contributed by atoms with E-state index in [1.807, 2.05) is 0 Å². The minimum absolute atomic E-state index is 0.236. The molecule has 96 valence electrons. The molecule has 0 aliphatic rings. The van der Waals surface area contributed by atoms with Gasteiger partial charge in [-0.15, -0.1) is 6.42 Å². The number of rotatable bonds is 5. The number of hydrogen-bond acceptors (Lipinski definition) is 3. The molecule has 0 aliphatic heterocycles. The molecule has 0 aromatic heterocycles. The quantitative estimate of drug-likeness (QED) is 0.640. The minimum atomic E-state index is -0.665. The van der Waals surface area contributed by atoms with E-state index in [0.29, 0.717) is 11.1 Å². The Morgan fingerprint density at radius 2 is 2.33 bits per heavy atom. The van der Waals surface area contributed by atoms with E-state index in [4.69, 9.17) is 11.2 Å². The smallest absolute Gasteiger partial charge is 0.327 e. The van der Waals surface area contributed by atoms with Gasteiger partial charge in [-0.1, -0.05) is 12.0 Å². The fraction of sp³-hybridized carbons (Fsp3) is 0.357. The second kappa shape index (κ2) is 6.77. The van der Waals surface area contributed by atoms with Crippen LogP contribution in [0.2, 0.25) is 0 Å². The molecule has 0 saturated heterocycles. The molecule has 0 amide bonds. The maximum absolute atomic E-state index is 13.0.